The number of amides is 1. The third-order valence-electron chi connectivity index (χ3n) is 12.8. The molecular weight excluding hydrogens is 761 g/mol. The number of aliphatic hydroxyl groups excluding tert-OH is 6. The second kappa shape index (κ2) is 36.4. The van der Waals surface area contributed by atoms with Gasteiger partial charge in [0.1, 0.15) is 30.5 Å². The Morgan fingerprint density at radius 1 is 0.583 bits per heavy atom. The highest BCUT2D eigenvalue weighted by Gasteiger charge is 2.50. The average Bonchev–Trinajstić information content (AvgIpc) is 3.24. The van der Waals surface area contributed by atoms with Crippen LogP contribution < -0.4 is 5.32 Å². The lowest BCUT2D eigenvalue weighted by Crippen LogP contribution is -2.67. The number of rotatable bonds is 41. The molecule has 358 valence electrons. The summed E-state index contributed by atoms with van der Waals surface area (Å²) in [5, 5.41) is 68.4. The minimum atomic E-state index is -1.95. The van der Waals surface area contributed by atoms with Gasteiger partial charge >= 0.3 is 0 Å². The summed E-state index contributed by atoms with van der Waals surface area (Å²) in [6, 6.07) is -0.503. The predicted octanol–water partition coefficient (Wildman–Crippen LogP) is 9.20. The summed E-state index contributed by atoms with van der Waals surface area (Å²) >= 11 is 0. The molecule has 1 rings (SSSR count). The molecule has 0 aromatic carbocycles. The van der Waals surface area contributed by atoms with Crippen LogP contribution in [0.2, 0.25) is 0 Å². The number of hydrogen-bond donors (Lipinski definition) is 7. The van der Waals surface area contributed by atoms with Crippen LogP contribution >= 0.6 is 0 Å². The first-order valence-corrected chi connectivity index (χ1v) is 25.4. The monoisotopic (exact) mass is 859 g/mol. The second-order valence-corrected chi connectivity index (χ2v) is 18.4. The van der Waals surface area contributed by atoms with Crippen LogP contribution in [0.4, 0.5) is 0 Å². The van der Waals surface area contributed by atoms with E-state index in [0.29, 0.717) is 12.8 Å². The van der Waals surface area contributed by atoms with Crippen molar-refractivity contribution in [3.63, 3.8) is 0 Å². The molecule has 1 amide bonds. The fourth-order valence-electron chi connectivity index (χ4n) is 8.66. The van der Waals surface area contributed by atoms with Gasteiger partial charge in [0.25, 0.3) is 0 Å². The Bertz CT molecular complexity index is 978. The van der Waals surface area contributed by atoms with Crippen LogP contribution in [0.15, 0.2) is 0 Å². The van der Waals surface area contributed by atoms with Crippen LogP contribution in [0, 0.1) is 0 Å². The maximum atomic E-state index is 14.8. The van der Waals surface area contributed by atoms with Gasteiger partial charge in [0.2, 0.25) is 5.91 Å². The lowest BCUT2D eigenvalue weighted by molar-refractivity contribution is -0.340. The average molecular weight is 859 g/mol. The SMILES string of the molecule is CCCCCCCCCCCCCC[C@@H](O)[C@H](O)[C@@](C)(NC(=O)C(CCCCCCCCC)N(CCCCCCC)CCCCCCC)O[C@@H]1OC(CO)[C@H](O)[C@H](O)[C@H]1O. The van der Waals surface area contributed by atoms with Crippen molar-refractivity contribution in [1.82, 2.24) is 10.2 Å². The van der Waals surface area contributed by atoms with Crippen molar-refractivity contribution in [2.45, 2.75) is 288 Å². The van der Waals surface area contributed by atoms with E-state index in [4.69, 9.17) is 9.47 Å². The molecule has 9 atom stereocenters. The molecule has 1 fully saturated rings. The number of nitrogens with zero attached hydrogens (tertiary/aromatic N) is 1. The standard InChI is InChI=1S/C49H98N2O9/c1-6-10-14-18-20-21-22-23-24-26-28-32-36-41(53)46(57)49(5,60-48-45(56)44(55)43(54)42(39-52)59-48)50-47(58)40(35-31-27-25-19-15-11-7-2)51(37-33-29-16-12-8-3)38-34-30-17-13-9-4/h40-46,48,52-57H,6-39H2,1-5H3,(H,50,58)/t40?,41-,42?,43+,44+,45-,46+,48+,49+/m1/s1. The summed E-state index contributed by atoms with van der Waals surface area (Å²) in [6.45, 7) is 11.3. The zero-order chi connectivity index (χ0) is 44.4. The summed E-state index contributed by atoms with van der Waals surface area (Å²) in [4.78, 5) is 17.1. The molecule has 1 heterocycles. The van der Waals surface area contributed by atoms with Gasteiger partial charge in [-0.2, -0.15) is 0 Å². The third kappa shape index (κ3) is 24.2. The van der Waals surface area contributed by atoms with Crippen molar-refractivity contribution in [1.29, 1.82) is 0 Å². The van der Waals surface area contributed by atoms with Crippen LogP contribution in [-0.4, -0.2) is 116 Å². The first-order chi connectivity index (χ1) is 29.0. The molecular formula is C49H98N2O9. The first kappa shape index (κ1) is 57.1. The van der Waals surface area contributed by atoms with Crippen LogP contribution in [-0.2, 0) is 14.3 Å². The summed E-state index contributed by atoms with van der Waals surface area (Å²) in [6.07, 6.45) is 23.2. The number of unbranched alkanes of at least 4 members (excludes halogenated alkanes) is 25. The molecule has 11 heteroatoms. The van der Waals surface area contributed by atoms with E-state index in [1.54, 1.807) is 0 Å². The van der Waals surface area contributed by atoms with E-state index in [9.17, 15) is 35.4 Å². The number of hydrogen-bond acceptors (Lipinski definition) is 10. The second-order valence-electron chi connectivity index (χ2n) is 18.4. The molecule has 1 aliphatic heterocycles. The number of carbonyl (C=O) groups is 1. The zero-order valence-electron chi connectivity index (χ0n) is 39.5. The molecule has 60 heavy (non-hydrogen) atoms. The molecule has 0 bridgehead atoms. The lowest BCUT2D eigenvalue weighted by atomic mass is 9.95. The van der Waals surface area contributed by atoms with E-state index in [-0.39, 0.29) is 12.3 Å². The Morgan fingerprint density at radius 3 is 1.38 bits per heavy atom. The molecule has 0 spiro atoms. The van der Waals surface area contributed by atoms with E-state index in [0.717, 1.165) is 103 Å². The lowest BCUT2D eigenvalue weighted by Gasteiger charge is -2.46. The molecule has 1 saturated heterocycles. The molecule has 2 unspecified atom stereocenters. The minimum absolute atomic E-state index is 0.283. The topological polar surface area (TPSA) is 172 Å². The fourth-order valence-corrected chi connectivity index (χ4v) is 8.66. The van der Waals surface area contributed by atoms with Gasteiger partial charge in [-0.25, -0.2) is 0 Å². The van der Waals surface area contributed by atoms with E-state index in [2.05, 4.69) is 37.9 Å². The molecule has 0 aromatic rings. The number of carbonyl (C=O) groups excluding carboxylic acids is 1. The van der Waals surface area contributed by atoms with Crippen LogP contribution in [0.1, 0.15) is 234 Å². The van der Waals surface area contributed by atoms with E-state index in [1.165, 1.54) is 96.8 Å². The van der Waals surface area contributed by atoms with Gasteiger partial charge in [-0.15, -0.1) is 0 Å². The Morgan fingerprint density at radius 2 is 0.967 bits per heavy atom. The van der Waals surface area contributed by atoms with Crippen molar-refractivity contribution in [2.75, 3.05) is 19.7 Å². The molecule has 0 radical (unpaired) electrons. The Labute approximate surface area is 368 Å². The summed E-state index contributed by atoms with van der Waals surface area (Å²) < 4.78 is 12.0. The molecule has 11 nitrogen and oxygen atoms in total. The van der Waals surface area contributed by atoms with Gasteiger partial charge in [0.05, 0.1) is 18.8 Å². The normalized spacial score (nSPS) is 22.2. The van der Waals surface area contributed by atoms with Gasteiger partial charge in [-0.05, 0) is 45.7 Å². The predicted molar refractivity (Wildman–Crippen MR) is 245 cm³/mol. The smallest absolute Gasteiger partial charge is 0.239 e. The Kier molecular flexibility index (Phi) is 34.7. The zero-order valence-corrected chi connectivity index (χ0v) is 39.5. The Hall–Kier alpha value is -0.890. The molecule has 0 aliphatic carbocycles. The highest BCUT2D eigenvalue weighted by molar-refractivity contribution is 5.82. The molecule has 0 aromatic heterocycles. The molecule has 7 N–H and O–H groups in total. The summed E-state index contributed by atoms with van der Waals surface area (Å²) in [5.74, 6) is -0.327. The quantitative estimate of drug-likeness (QED) is 0.0232. The van der Waals surface area contributed by atoms with Gasteiger partial charge in [-0.1, -0.05) is 201 Å². The van der Waals surface area contributed by atoms with Gasteiger partial charge in [0, 0.05) is 0 Å². The number of nitrogens with one attached hydrogen (secondary N) is 1. The van der Waals surface area contributed by atoms with E-state index < -0.39 is 61.3 Å². The van der Waals surface area contributed by atoms with Crippen molar-refractivity contribution in [3.8, 4) is 0 Å². The van der Waals surface area contributed by atoms with E-state index in [1.807, 2.05) is 0 Å². The first-order valence-electron chi connectivity index (χ1n) is 25.4. The van der Waals surface area contributed by atoms with Gasteiger partial charge < -0.3 is 45.4 Å². The summed E-state index contributed by atoms with van der Waals surface area (Å²) in [5.41, 5.74) is -1.95. The largest absolute Gasteiger partial charge is 0.394 e. The van der Waals surface area contributed by atoms with Crippen molar-refractivity contribution in [3.05, 3.63) is 0 Å². The van der Waals surface area contributed by atoms with Crippen molar-refractivity contribution < 1.29 is 44.9 Å². The highest BCUT2D eigenvalue weighted by atomic mass is 16.7. The van der Waals surface area contributed by atoms with Crippen molar-refractivity contribution >= 4 is 5.91 Å². The number of aliphatic hydroxyl groups is 6. The highest BCUT2D eigenvalue weighted by Crippen LogP contribution is 2.29. The van der Waals surface area contributed by atoms with Crippen LogP contribution in [0.25, 0.3) is 0 Å². The maximum Gasteiger partial charge on any atom is 0.239 e. The molecule has 1 aliphatic rings. The minimum Gasteiger partial charge on any atom is -0.394 e. The maximum absolute atomic E-state index is 14.8. The molecule has 0 saturated carbocycles. The van der Waals surface area contributed by atoms with Crippen LogP contribution in [0.5, 0.6) is 0 Å². The fraction of sp³-hybridized carbons (Fsp3) is 0.980. The Balaban J connectivity index is 3.25. The van der Waals surface area contributed by atoms with Crippen molar-refractivity contribution in [2.24, 2.45) is 0 Å². The van der Waals surface area contributed by atoms with E-state index >= 15 is 0 Å². The third-order valence-corrected chi connectivity index (χ3v) is 12.8. The summed E-state index contributed by atoms with van der Waals surface area (Å²) in [7, 11) is 0. The van der Waals surface area contributed by atoms with Gasteiger partial charge in [0.15, 0.2) is 12.0 Å². The van der Waals surface area contributed by atoms with Crippen LogP contribution in [0.3, 0.4) is 0 Å². The van der Waals surface area contributed by atoms with Gasteiger partial charge in [-0.3, -0.25) is 9.69 Å². The number of ether oxygens (including phenoxy) is 2.